The maximum Gasteiger partial charge on any atom is 0.267 e. The molecule has 128 valence electrons. The van der Waals surface area contributed by atoms with Gasteiger partial charge in [0.2, 0.25) is 0 Å². The topological polar surface area (TPSA) is 100 Å². The molecule has 0 bridgehead atoms. The van der Waals surface area contributed by atoms with Crippen molar-refractivity contribution >= 4 is 34.6 Å². The average molecular weight is 357 g/mol. The molecule has 1 amide bonds. The standard InChI is InChI=1S/C18H17ClN4O2/c1-11-3-6-17(25-2)16(7-11)22-10-12(9-20)18(24)23-13-4-5-15(21)14(19)8-13/h3-8,10,22H,21H2,1-2H3,(H,23,24)/b12-10-. The molecular weight excluding hydrogens is 340 g/mol. The summed E-state index contributed by atoms with van der Waals surface area (Å²) in [4.78, 5) is 12.2. The average Bonchev–Trinajstić information content (AvgIpc) is 2.59. The second-order valence-corrected chi connectivity index (χ2v) is 5.62. The van der Waals surface area contributed by atoms with Crippen molar-refractivity contribution in [3.8, 4) is 11.8 Å². The van der Waals surface area contributed by atoms with Gasteiger partial charge in [-0.25, -0.2) is 0 Å². The summed E-state index contributed by atoms with van der Waals surface area (Å²) < 4.78 is 5.25. The first kappa shape index (κ1) is 18.2. The number of aryl methyl sites for hydroxylation is 1. The Morgan fingerprint density at radius 1 is 1.32 bits per heavy atom. The molecule has 0 aliphatic heterocycles. The summed E-state index contributed by atoms with van der Waals surface area (Å²) in [5, 5.41) is 15.1. The van der Waals surface area contributed by atoms with Crippen LogP contribution in [0.25, 0.3) is 0 Å². The number of hydrogen-bond acceptors (Lipinski definition) is 5. The molecule has 0 spiro atoms. The highest BCUT2D eigenvalue weighted by Gasteiger charge is 2.11. The molecule has 0 saturated carbocycles. The number of carbonyl (C=O) groups is 1. The summed E-state index contributed by atoms with van der Waals surface area (Å²) in [5.74, 6) is 0.0346. The van der Waals surface area contributed by atoms with Gasteiger partial charge in [0.15, 0.2) is 0 Å². The predicted molar refractivity (Wildman–Crippen MR) is 99.5 cm³/mol. The van der Waals surface area contributed by atoms with Crippen LogP contribution in [-0.2, 0) is 4.79 Å². The van der Waals surface area contributed by atoms with E-state index in [9.17, 15) is 10.1 Å². The molecule has 6 nitrogen and oxygen atoms in total. The van der Waals surface area contributed by atoms with Gasteiger partial charge in [-0.3, -0.25) is 4.79 Å². The highest BCUT2D eigenvalue weighted by molar-refractivity contribution is 6.33. The molecule has 2 aromatic rings. The Hall–Kier alpha value is -3.17. The number of nitrogens with two attached hydrogens (primary N) is 1. The summed E-state index contributed by atoms with van der Waals surface area (Å²) in [7, 11) is 1.54. The van der Waals surface area contributed by atoms with Crippen molar-refractivity contribution in [1.82, 2.24) is 0 Å². The second-order valence-electron chi connectivity index (χ2n) is 5.21. The lowest BCUT2D eigenvalue weighted by molar-refractivity contribution is -0.112. The van der Waals surface area contributed by atoms with Crippen molar-refractivity contribution in [2.24, 2.45) is 0 Å². The van der Waals surface area contributed by atoms with Gasteiger partial charge in [-0.2, -0.15) is 5.26 Å². The van der Waals surface area contributed by atoms with Crippen molar-refractivity contribution in [3.63, 3.8) is 0 Å². The van der Waals surface area contributed by atoms with E-state index in [-0.39, 0.29) is 5.57 Å². The number of hydrogen-bond donors (Lipinski definition) is 3. The minimum absolute atomic E-state index is 0.100. The molecule has 7 heteroatoms. The second kappa shape index (κ2) is 8.08. The van der Waals surface area contributed by atoms with Crippen LogP contribution in [0.5, 0.6) is 5.75 Å². The number of methoxy groups -OCH3 is 1. The van der Waals surface area contributed by atoms with Gasteiger partial charge in [-0.1, -0.05) is 17.7 Å². The van der Waals surface area contributed by atoms with Crippen LogP contribution in [-0.4, -0.2) is 13.0 Å². The minimum atomic E-state index is -0.567. The first-order chi connectivity index (χ1) is 11.9. The molecule has 0 aromatic heterocycles. The minimum Gasteiger partial charge on any atom is -0.495 e. The first-order valence-electron chi connectivity index (χ1n) is 7.32. The zero-order valence-corrected chi connectivity index (χ0v) is 14.5. The number of halogens is 1. The van der Waals surface area contributed by atoms with Crippen LogP contribution in [0.15, 0.2) is 48.2 Å². The van der Waals surface area contributed by atoms with Crippen molar-refractivity contribution in [1.29, 1.82) is 5.26 Å². The largest absolute Gasteiger partial charge is 0.495 e. The lowest BCUT2D eigenvalue weighted by Crippen LogP contribution is -2.14. The van der Waals surface area contributed by atoms with E-state index >= 15 is 0 Å². The van der Waals surface area contributed by atoms with E-state index in [1.165, 1.54) is 12.3 Å². The normalized spacial score (nSPS) is 10.7. The van der Waals surface area contributed by atoms with Gasteiger partial charge < -0.3 is 21.1 Å². The van der Waals surface area contributed by atoms with Crippen molar-refractivity contribution in [2.75, 3.05) is 23.5 Å². The van der Waals surface area contributed by atoms with E-state index < -0.39 is 5.91 Å². The molecule has 0 atom stereocenters. The van der Waals surface area contributed by atoms with Gasteiger partial charge in [-0.15, -0.1) is 0 Å². The van der Waals surface area contributed by atoms with E-state index in [0.29, 0.717) is 27.8 Å². The Bertz CT molecular complexity index is 872. The lowest BCUT2D eigenvalue weighted by atomic mass is 10.2. The fourth-order valence-electron chi connectivity index (χ4n) is 2.04. The Kier molecular flexibility index (Phi) is 5.88. The number of nitrogens with zero attached hydrogens (tertiary/aromatic N) is 1. The molecule has 0 aliphatic rings. The van der Waals surface area contributed by atoms with E-state index in [1.54, 1.807) is 25.3 Å². The van der Waals surface area contributed by atoms with Gasteiger partial charge in [0, 0.05) is 11.9 Å². The third kappa shape index (κ3) is 4.66. The van der Waals surface area contributed by atoms with Crippen LogP contribution in [0, 0.1) is 18.3 Å². The third-order valence-electron chi connectivity index (χ3n) is 3.35. The summed E-state index contributed by atoms with van der Waals surface area (Å²) >= 11 is 5.92. The van der Waals surface area contributed by atoms with Crippen LogP contribution < -0.4 is 21.1 Å². The lowest BCUT2D eigenvalue weighted by Gasteiger charge is -2.10. The van der Waals surface area contributed by atoms with E-state index in [1.807, 2.05) is 25.1 Å². The molecule has 0 heterocycles. The number of amides is 1. The highest BCUT2D eigenvalue weighted by atomic mass is 35.5. The van der Waals surface area contributed by atoms with Crippen LogP contribution in [0.2, 0.25) is 5.02 Å². The number of benzene rings is 2. The van der Waals surface area contributed by atoms with Crippen LogP contribution in [0.3, 0.4) is 0 Å². The molecule has 4 N–H and O–H groups in total. The van der Waals surface area contributed by atoms with Crippen molar-refractivity contribution in [3.05, 3.63) is 58.8 Å². The quantitative estimate of drug-likeness (QED) is 0.431. The van der Waals surface area contributed by atoms with Crippen LogP contribution in [0.4, 0.5) is 17.1 Å². The first-order valence-corrected chi connectivity index (χ1v) is 7.70. The number of nitrogens with one attached hydrogen (secondary N) is 2. The fraction of sp³-hybridized carbons (Fsp3) is 0.111. The summed E-state index contributed by atoms with van der Waals surface area (Å²) in [5.41, 5.74) is 8.04. The van der Waals surface area contributed by atoms with Gasteiger partial charge in [0.25, 0.3) is 5.91 Å². The van der Waals surface area contributed by atoms with Crippen molar-refractivity contribution in [2.45, 2.75) is 6.92 Å². The van der Waals surface area contributed by atoms with Gasteiger partial charge in [0.1, 0.15) is 17.4 Å². The predicted octanol–water partition coefficient (Wildman–Crippen LogP) is 3.70. The number of rotatable bonds is 5. The number of anilines is 3. The highest BCUT2D eigenvalue weighted by Crippen LogP contribution is 2.26. The molecule has 0 saturated heterocycles. The number of nitrogen functional groups attached to an aromatic ring is 1. The SMILES string of the molecule is COc1ccc(C)cc1N/C=C(/C#N)C(=O)Nc1ccc(N)c(Cl)c1. The van der Waals surface area contributed by atoms with E-state index in [0.717, 1.165) is 5.56 Å². The molecule has 25 heavy (non-hydrogen) atoms. The number of nitriles is 1. The van der Waals surface area contributed by atoms with Crippen molar-refractivity contribution < 1.29 is 9.53 Å². The van der Waals surface area contributed by atoms with Crippen LogP contribution >= 0.6 is 11.6 Å². The summed E-state index contributed by atoms with van der Waals surface area (Å²) in [6.07, 6.45) is 1.32. The zero-order valence-electron chi connectivity index (χ0n) is 13.8. The monoisotopic (exact) mass is 356 g/mol. The molecule has 0 fully saturated rings. The molecule has 2 aromatic carbocycles. The zero-order chi connectivity index (χ0) is 18.4. The smallest absolute Gasteiger partial charge is 0.267 e. The molecule has 0 radical (unpaired) electrons. The Morgan fingerprint density at radius 2 is 2.08 bits per heavy atom. The van der Waals surface area contributed by atoms with Gasteiger partial charge in [0.05, 0.1) is 23.5 Å². The Balaban J connectivity index is 2.17. The summed E-state index contributed by atoms with van der Waals surface area (Å²) in [6.45, 7) is 1.93. The molecule has 0 unspecified atom stereocenters. The number of carbonyl (C=O) groups excluding carboxylic acids is 1. The maximum absolute atomic E-state index is 12.2. The molecule has 0 aliphatic carbocycles. The van der Waals surface area contributed by atoms with E-state index in [4.69, 9.17) is 22.1 Å². The Morgan fingerprint density at radius 3 is 2.72 bits per heavy atom. The third-order valence-corrected chi connectivity index (χ3v) is 3.68. The van der Waals surface area contributed by atoms with E-state index in [2.05, 4.69) is 10.6 Å². The molecule has 2 rings (SSSR count). The summed E-state index contributed by atoms with van der Waals surface area (Å²) in [6, 6.07) is 12.1. The van der Waals surface area contributed by atoms with Gasteiger partial charge >= 0.3 is 0 Å². The van der Waals surface area contributed by atoms with Crippen LogP contribution in [0.1, 0.15) is 5.56 Å². The number of ether oxygens (including phenoxy) is 1. The molecular formula is C18H17ClN4O2. The Labute approximate surface area is 150 Å². The fourth-order valence-corrected chi connectivity index (χ4v) is 2.22. The maximum atomic E-state index is 12.2. The van der Waals surface area contributed by atoms with Gasteiger partial charge in [-0.05, 0) is 42.8 Å².